The van der Waals surface area contributed by atoms with Crippen LogP contribution in [0.2, 0.25) is 0 Å². The Bertz CT molecular complexity index is 220. The van der Waals surface area contributed by atoms with Crippen LogP contribution < -0.4 is 17.2 Å². The van der Waals surface area contributed by atoms with E-state index >= 15 is 0 Å². The zero-order valence-corrected chi connectivity index (χ0v) is 6.93. The minimum atomic E-state index is -2.37. The summed E-state index contributed by atoms with van der Waals surface area (Å²) in [5, 5.41) is 18.5. The Hall–Kier alpha value is -1.18. The second-order valence-electron chi connectivity index (χ2n) is 2.63. The van der Waals surface area contributed by atoms with Crippen molar-refractivity contribution in [3.8, 4) is 0 Å². The van der Waals surface area contributed by atoms with Gasteiger partial charge >= 0.3 is 0 Å². The standard InChI is InChI=1S/C6H13N3O4/c7-2-1-6(13,5(9)12)3(10)4(8)11/h3,10,13H,1-2,7H2,(H2,8,11)(H2,9,12). The highest BCUT2D eigenvalue weighted by Gasteiger charge is 2.44. The molecule has 0 spiro atoms. The molecular weight excluding hydrogens is 178 g/mol. The van der Waals surface area contributed by atoms with Gasteiger partial charge in [-0.2, -0.15) is 0 Å². The lowest BCUT2D eigenvalue weighted by Gasteiger charge is -2.27. The number of nitrogens with two attached hydrogens (primary N) is 3. The summed E-state index contributed by atoms with van der Waals surface area (Å²) in [5.41, 5.74) is 12.2. The van der Waals surface area contributed by atoms with Crippen LogP contribution >= 0.6 is 0 Å². The molecule has 0 aromatic heterocycles. The predicted molar refractivity (Wildman–Crippen MR) is 43.0 cm³/mol. The highest BCUT2D eigenvalue weighted by atomic mass is 16.4. The smallest absolute Gasteiger partial charge is 0.252 e. The van der Waals surface area contributed by atoms with Gasteiger partial charge < -0.3 is 27.4 Å². The first-order valence-electron chi connectivity index (χ1n) is 3.56. The first kappa shape index (κ1) is 11.8. The van der Waals surface area contributed by atoms with Gasteiger partial charge in [-0.3, -0.25) is 9.59 Å². The molecule has 7 heteroatoms. The number of rotatable bonds is 5. The molecule has 2 amide bonds. The first-order valence-corrected chi connectivity index (χ1v) is 3.56. The summed E-state index contributed by atoms with van der Waals surface area (Å²) in [6.07, 6.45) is -2.36. The van der Waals surface area contributed by atoms with Crippen LogP contribution in [0.4, 0.5) is 0 Å². The number of carbonyl (C=O) groups is 2. The van der Waals surface area contributed by atoms with E-state index in [4.69, 9.17) is 22.3 Å². The number of aliphatic hydroxyl groups excluding tert-OH is 1. The Balaban J connectivity index is 4.77. The molecule has 8 N–H and O–H groups in total. The van der Waals surface area contributed by atoms with Gasteiger partial charge in [0.15, 0.2) is 11.7 Å². The first-order chi connectivity index (χ1) is 5.86. The summed E-state index contributed by atoms with van der Waals surface area (Å²) >= 11 is 0. The average Bonchev–Trinajstić information content (AvgIpc) is 2.02. The van der Waals surface area contributed by atoms with E-state index in [0.29, 0.717) is 0 Å². The third kappa shape index (κ3) is 2.38. The zero-order chi connectivity index (χ0) is 10.6. The van der Waals surface area contributed by atoms with Gasteiger partial charge in [-0.1, -0.05) is 0 Å². The Morgan fingerprint density at radius 1 is 1.38 bits per heavy atom. The number of primary amides is 2. The fourth-order valence-electron chi connectivity index (χ4n) is 0.850. The molecule has 0 aliphatic rings. The summed E-state index contributed by atoms with van der Waals surface area (Å²) in [4.78, 5) is 21.2. The number of carbonyl (C=O) groups excluding carboxylic acids is 2. The molecule has 0 radical (unpaired) electrons. The maximum absolute atomic E-state index is 10.7. The quantitative estimate of drug-likeness (QED) is 0.304. The molecule has 2 unspecified atom stereocenters. The third-order valence-corrected chi connectivity index (χ3v) is 1.67. The van der Waals surface area contributed by atoms with E-state index in [2.05, 4.69) is 0 Å². The molecule has 0 fully saturated rings. The molecule has 0 aliphatic carbocycles. The molecule has 0 aromatic carbocycles. The highest BCUT2D eigenvalue weighted by molar-refractivity contribution is 5.92. The SMILES string of the molecule is NCCC(O)(C(N)=O)C(O)C(N)=O. The van der Waals surface area contributed by atoms with Crippen molar-refractivity contribution in [3.05, 3.63) is 0 Å². The minimum Gasteiger partial charge on any atom is -0.380 e. The number of hydrogen-bond donors (Lipinski definition) is 5. The van der Waals surface area contributed by atoms with Crippen LogP contribution in [0.15, 0.2) is 0 Å². The van der Waals surface area contributed by atoms with Crippen molar-refractivity contribution >= 4 is 11.8 Å². The van der Waals surface area contributed by atoms with Gasteiger partial charge in [0.1, 0.15) is 0 Å². The lowest BCUT2D eigenvalue weighted by atomic mass is 9.91. The van der Waals surface area contributed by atoms with E-state index in [0.717, 1.165) is 0 Å². The Morgan fingerprint density at radius 2 is 1.85 bits per heavy atom. The molecule has 0 heterocycles. The zero-order valence-electron chi connectivity index (χ0n) is 6.93. The van der Waals surface area contributed by atoms with Crippen LogP contribution in [0.5, 0.6) is 0 Å². The van der Waals surface area contributed by atoms with Gasteiger partial charge in [0.05, 0.1) is 0 Å². The fraction of sp³-hybridized carbons (Fsp3) is 0.667. The number of aliphatic hydroxyl groups is 2. The highest BCUT2D eigenvalue weighted by Crippen LogP contribution is 2.14. The van der Waals surface area contributed by atoms with Crippen LogP contribution in [-0.2, 0) is 9.59 Å². The van der Waals surface area contributed by atoms with Crippen molar-refractivity contribution in [1.82, 2.24) is 0 Å². The Kier molecular flexibility index (Phi) is 3.79. The minimum absolute atomic E-state index is 0.107. The Morgan fingerprint density at radius 3 is 2.08 bits per heavy atom. The van der Waals surface area contributed by atoms with E-state index in [1.807, 2.05) is 0 Å². The molecule has 0 saturated heterocycles. The van der Waals surface area contributed by atoms with Crippen molar-refractivity contribution in [2.75, 3.05) is 6.54 Å². The van der Waals surface area contributed by atoms with Crippen LogP contribution in [0.3, 0.4) is 0 Å². The molecule has 76 valence electrons. The normalized spacial score (nSPS) is 17.5. The van der Waals surface area contributed by atoms with E-state index < -0.39 is 23.5 Å². The average molecular weight is 191 g/mol. The van der Waals surface area contributed by atoms with E-state index in [1.54, 1.807) is 0 Å². The summed E-state index contributed by atoms with van der Waals surface area (Å²) in [7, 11) is 0. The van der Waals surface area contributed by atoms with Crippen LogP contribution in [0.25, 0.3) is 0 Å². The number of amides is 2. The van der Waals surface area contributed by atoms with Crippen LogP contribution in [0, 0.1) is 0 Å². The molecule has 0 aromatic rings. The summed E-state index contributed by atoms with van der Waals surface area (Å²) in [6.45, 7) is -0.107. The third-order valence-electron chi connectivity index (χ3n) is 1.67. The predicted octanol–water partition coefficient (Wildman–Crippen LogP) is -3.60. The van der Waals surface area contributed by atoms with Gasteiger partial charge in [0.2, 0.25) is 5.91 Å². The van der Waals surface area contributed by atoms with Crippen molar-refractivity contribution in [1.29, 1.82) is 0 Å². The van der Waals surface area contributed by atoms with E-state index in [1.165, 1.54) is 0 Å². The molecule has 0 aliphatic heterocycles. The summed E-state index contributed by atoms with van der Waals surface area (Å²) in [5.74, 6) is -2.46. The topological polar surface area (TPSA) is 153 Å². The van der Waals surface area contributed by atoms with Gasteiger partial charge in [-0.15, -0.1) is 0 Å². The largest absolute Gasteiger partial charge is 0.380 e. The van der Waals surface area contributed by atoms with Gasteiger partial charge in [0, 0.05) is 6.42 Å². The molecule has 0 bridgehead atoms. The van der Waals surface area contributed by atoms with Crippen molar-refractivity contribution < 1.29 is 19.8 Å². The van der Waals surface area contributed by atoms with Crippen LogP contribution in [0.1, 0.15) is 6.42 Å². The molecular formula is C6H13N3O4. The van der Waals surface area contributed by atoms with Crippen molar-refractivity contribution in [2.45, 2.75) is 18.1 Å². The summed E-state index contributed by atoms with van der Waals surface area (Å²) in [6, 6.07) is 0. The lowest BCUT2D eigenvalue weighted by Crippen LogP contribution is -2.58. The van der Waals surface area contributed by atoms with Crippen molar-refractivity contribution in [3.63, 3.8) is 0 Å². The maximum atomic E-state index is 10.7. The van der Waals surface area contributed by atoms with Crippen LogP contribution in [-0.4, -0.2) is 40.3 Å². The second kappa shape index (κ2) is 4.17. The second-order valence-corrected chi connectivity index (χ2v) is 2.63. The molecule has 7 nitrogen and oxygen atoms in total. The molecule has 0 rings (SSSR count). The van der Waals surface area contributed by atoms with Crippen molar-refractivity contribution in [2.24, 2.45) is 17.2 Å². The van der Waals surface area contributed by atoms with Gasteiger partial charge in [0.25, 0.3) is 5.91 Å². The fourth-order valence-corrected chi connectivity index (χ4v) is 0.850. The van der Waals surface area contributed by atoms with E-state index in [9.17, 15) is 14.7 Å². The molecule has 0 saturated carbocycles. The molecule has 2 atom stereocenters. The van der Waals surface area contributed by atoms with Gasteiger partial charge in [-0.05, 0) is 6.54 Å². The van der Waals surface area contributed by atoms with E-state index in [-0.39, 0.29) is 13.0 Å². The molecule has 13 heavy (non-hydrogen) atoms. The number of hydrogen-bond acceptors (Lipinski definition) is 5. The van der Waals surface area contributed by atoms with Gasteiger partial charge in [-0.25, -0.2) is 0 Å². The Labute approximate surface area is 74.5 Å². The summed E-state index contributed by atoms with van der Waals surface area (Å²) < 4.78 is 0. The monoisotopic (exact) mass is 191 g/mol. The lowest BCUT2D eigenvalue weighted by molar-refractivity contribution is -0.159. The maximum Gasteiger partial charge on any atom is 0.252 e.